The van der Waals surface area contributed by atoms with Crippen molar-refractivity contribution in [3.05, 3.63) is 62.8 Å². The van der Waals surface area contributed by atoms with Gasteiger partial charge in [0.25, 0.3) is 11.2 Å². The van der Waals surface area contributed by atoms with E-state index in [1.54, 1.807) is 16.8 Å². The van der Waals surface area contributed by atoms with Crippen molar-refractivity contribution in [2.75, 3.05) is 6.54 Å². The first kappa shape index (κ1) is 19.2. The Kier molecular flexibility index (Phi) is 5.48. The number of rotatable bonds is 7. The van der Waals surface area contributed by atoms with Gasteiger partial charge in [-0.3, -0.25) is 24.3 Å². The van der Waals surface area contributed by atoms with E-state index in [1.807, 2.05) is 13.8 Å². The lowest BCUT2D eigenvalue weighted by Crippen LogP contribution is -2.31. The molecule has 0 atom stereocenters. The molecular formula is C18H20N6O4. The zero-order chi connectivity index (χ0) is 20.3. The fourth-order valence-electron chi connectivity index (χ4n) is 2.68. The Morgan fingerprint density at radius 2 is 2.00 bits per heavy atom. The summed E-state index contributed by atoms with van der Waals surface area (Å²) >= 11 is 0. The lowest BCUT2D eigenvalue weighted by Gasteiger charge is -2.08. The van der Waals surface area contributed by atoms with Gasteiger partial charge in [-0.15, -0.1) is 0 Å². The molecule has 10 nitrogen and oxygen atoms in total. The van der Waals surface area contributed by atoms with Gasteiger partial charge in [-0.05, 0) is 5.56 Å². The van der Waals surface area contributed by atoms with Crippen molar-refractivity contribution >= 4 is 22.6 Å². The second kappa shape index (κ2) is 7.99. The molecule has 0 saturated carbocycles. The molecule has 1 aromatic carbocycles. The van der Waals surface area contributed by atoms with Gasteiger partial charge in [0.05, 0.1) is 24.2 Å². The van der Waals surface area contributed by atoms with Crippen molar-refractivity contribution in [3.8, 4) is 0 Å². The first-order chi connectivity index (χ1) is 13.4. The van der Waals surface area contributed by atoms with Gasteiger partial charge in [0.15, 0.2) is 5.65 Å². The van der Waals surface area contributed by atoms with Crippen LogP contribution >= 0.6 is 0 Å². The van der Waals surface area contributed by atoms with Crippen molar-refractivity contribution in [1.82, 2.24) is 24.6 Å². The van der Waals surface area contributed by atoms with Crippen molar-refractivity contribution < 1.29 is 9.72 Å². The molecule has 0 spiro atoms. The number of fused-ring (bicyclic) bond motifs is 1. The lowest BCUT2D eigenvalue weighted by atomic mass is 10.2. The SMILES string of the molecule is CC(C)C(=O)NCCn1ncc2c(=O)n(Cc3ccc([N+](=O)[O-])cc3)cnc21. The van der Waals surface area contributed by atoms with E-state index < -0.39 is 4.92 Å². The van der Waals surface area contributed by atoms with E-state index in [9.17, 15) is 19.7 Å². The van der Waals surface area contributed by atoms with Gasteiger partial charge in [0, 0.05) is 24.6 Å². The van der Waals surface area contributed by atoms with Crippen LogP contribution in [0.5, 0.6) is 0 Å². The molecule has 1 amide bonds. The van der Waals surface area contributed by atoms with Crippen LogP contribution in [0, 0.1) is 16.0 Å². The molecular weight excluding hydrogens is 364 g/mol. The molecule has 0 fully saturated rings. The van der Waals surface area contributed by atoms with Crippen LogP contribution in [0.15, 0.2) is 41.6 Å². The van der Waals surface area contributed by atoms with Crippen molar-refractivity contribution in [1.29, 1.82) is 0 Å². The maximum Gasteiger partial charge on any atom is 0.269 e. The van der Waals surface area contributed by atoms with Gasteiger partial charge in [-0.1, -0.05) is 26.0 Å². The minimum absolute atomic E-state index is 0.00416. The molecule has 0 unspecified atom stereocenters. The average Bonchev–Trinajstić information content (AvgIpc) is 3.08. The van der Waals surface area contributed by atoms with E-state index in [4.69, 9.17) is 0 Å². The molecule has 0 aliphatic heterocycles. The molecule has 0 aliphatic rings. The maximum absolute atomic E-state index is 12.7. The van der Waals surface area contributed by atoms with E-state index in [2.05, 4.69) is 15.4 Å². The molecule has 0 bridgehead atoms. The van der Waals surface area contributed by atoms with Crippen LogP contribution in [0.2, 0.25) is 0 Å². The Morgan fingerprint density at radius 1 is 1.29 bits per heavy atom. The van der Waals surface area contributed by atoms with Crippen molar-refractivity contribution in [3.63, 3.8) is 0 Å². The molecule has 3 aromatic rings. The Balaban J connectivity index is 1.76. The molecule has 2 heterocycles. The highest BCUT2D eigenvalue weighted by atomic mass is 16.6. The number of carbonyl (C=O) groups is 1. The first-order valence-corrected chi connectivity index (χ1v) is 8.79. The highest BCUT2D eigenvalue weighted by Gasteiger charge is 2.12. The molecule has 28 heavy (non-hydrogen) atoms. The van der Waals surface area contributed by atoms with Crippen LogP contribution < -0.4 is 10.9 Å². The van der Waals surface area contributed by atoms with E-state index in [1.165, 1.54) is 29.2 Å². The summed E-state index contributed by atoms with van der Waals surface area (Å²) in [4.78, 5) is 38.9. The summed E-state index contributed by atoms with van der Waals surface area (Å²) in [6.07, 6.45) is 2.89. The number of hydrogen-bond acceptors (Lipinski definition) is 6. The van der Waals surface area contributed by atoms with Gasteiger partial charge in [-0.25, -0.2) is 9.67 Å². The summed E-state index contributed by atoms with van der Waals surface area (Å²) < 4.78 is 3.00. The predicted octanol–water partition coefficient (Wildman–Crippen LogP) is 1.32. The number of nitrogens with one attached hydrogen (secondary N) is 1. The second-order valence-corrected chi connectivity index (χ2v) is 6.65. The number of carbonyl (C=O) groups excluding carboxylic acids is 1. The van der Waals surface area contributed by atoms with Crippen LogP contribution in [0.3, 0.4) is 0 Å². The van der Waals surface area contributed by atoms with E-state index in [-0.39, 0.29) is 29.6 Å². The summed E-state index contributed by atoms with van der Waals surface area (Å²) in [5.41, 5.74) is 0.942. The number of nitrogens with zero attached hydrogens (tertiary/aromatic N) is 5. The van der Waals surface area contributed by atoms with Gasteiger partial charge in [0.2, 0.25) is 5.91 Å². The summed E-state index contributed by atoms with van der Waals surface area (Å²) in [7, 11) is 0. The van der Waals surface area contributed by atoms with Crippen molar-refractivity contribution in [2.24, 2.45) is 5.92 Å². The lowest BCUT2D eigenvalue weighted by molar-refractivity contribution is -0.384. The number of nitro groups is 1. The summed E-state index contributed by atoms with van der Waals surface area (Å²) in [5.74, 6) is -0.144. The van der Waals surface area contributed by atoms with Crippen LogP contribution in [-0.2, 0) is 17.9 Å². The Morgan fingerprint density at radius 3 is 2.64 bits per heavy atom. The number of aromatic nitrogens is 4. The molecule has 0 radical (unpaired) electrons. The maximum atomic E-state index is 12.7. The van der Waals surface area contributed by atoms with Crippen LogP contribution in [0.4, 0.5) is 5.69 Å². The fraction of sp³-hybridized carbons (Fsp3) is 0.333. The number of hydrogen-bond donors (Lipinski definition) is 1. The highest BCUT2D eigenvalue weighted by molar-refractivity contribution is 5.77. The third-order valence-corrected chi connectivity index (χ3v) is 4.27. The van der Waals surface area contributed by atoms with E-state index in [0.717, 1.165) is 5.56 Å². The predicted molar refractivity (Wildman–Crippen MR) is 102 cm³/mol. The summed E-state index contributed by atoms with van der Waals surface area (Å²) in [5, 5.41) is 18.1. The zero-order valence-electron chi connectivity index (χ0n) is 15.5. The van der Waals surface area contributed by atoms with Crippen LogP contribution in [0.1, 0.15) is 19.4 Å². The quantitative estimate of drug-likeness (QED) is 0.484. The zero-order valence-corrected chi connectivity index (χ0v) is 15.5. The highest BCUT2D eigenvalue weighted by Crippen LogP contribution is 2.13. The Hall–Kier alpha value is -3.56. The number of nitro benzene ring substituents is 1. The number of benzene rings is 1. The minimum atomic E-state index is -0.471. The first-order valence-electron chi connectivity index (χ1n) is 8.79. The number of non-ortho nitro benzene ring substituents is 1. The largest absolute Gasteiger partial charge is 0.354 e. The summed E-state index contributed by atoms with van der Waals surface area (Å²) in [6, 6.07) is 6.01. The second-order valence-electron chi connectivity index (χ2n) is 6.65. The molecule has 3 rings (SSSR count). The standard InChI is InChI=1S/C18H20N6O4/c1-12(2)17(25)19-7-8-23-16-15(9-21-23)18(26)22(11-20-16)10-13-3-5-14(6-4-13)24(27)28/h3-6,9,11-12H,7-8,10H2,1-2H3,(H,19,25). The molecule has 0 aliphatic carbocycles. The third-order valence-electron chi connectivity index (χ3n) is 4.27. The summed E-state index contributed by atoms with van der Waals surface area (Å²) in [6.45, 7) is 4.67. The fourth-order valence-corrected chi connectivity index (χ4v) is 2.68. The van der Waals surface area contributed by atoms with E-state index in [0.29, 0.717) is 24.1 Å². The van der Waals surface area contributed by atoms with E-state index >= 15 is 0 Å². The smallest absolute Gasteiger partial charge is 0.269 e. The number of amides is 1. The topological polar surface area (TPSA) is 125 Å². The minimum Gasteiger partial charge on any atom is -0.354 e. The van der Waals surface area contributed by atoms with Gasteiger partial charge in [-0.2, -0.15) is 5.10 Å². The molecule has 0 saturated heterocycles. The third kappa shape index (κ3) is 4.05. The molecule has 2 aromatic heterocycles. The Labute approximate surface area is 160 Å². The van der Waals surface area contributed by atoms with Gasteiger partial charge >= 0.3 is 0 Å². The normalized spacial score (nSPS) is 11.1. The van der Waals surface area contributed by atoms with Gasteiger partial charge < -0.3 is 5.32 Å². The molecule has 10 heteroatoms. The van der Waals surface area contributed by atoms with Crippen LogP contribution in [-0.4, -0.2) is 36.7 Å². The van der Waals surface area contributed by atoms with Gasteiger partial charge in [0.1, 0.15) is 11.7 Å². The van der Waals surface area contributed by atoms with Crippen LogP contribution in [0.25, 0.3) is 11.0 Å². The Bertz CT molecular complexity index is 1070. The monoisotopic (exact) mass is 384 g/mol. The van der Waals surface area contributed by atoms with Crippen molar-refractivity contribution in [2.45, 2.75) is 26.9 Å². The molecule has 146 valence electrons. The average molecular weight is 384 g/mol. The molecule has 1 N–H and O–H groups in total.